The van der Waals surface area contributed by atoms with Gasteiger partial charge >= 0.3 is 5.69 Å². The van der Waals surface area contributed by atoms with Crippen molar-refractivity contribution in [3.63, 3.8) is 0 Å². The first-order valence-electron chi connectivity index (χ1n) is 10.9. The second-order valence-corrected chi connectivity index (χ2v) is 9.41. The number of carbonyl (C=O) groups is 1. The quantitative estimate of drug-likeness (QED) is 0.401. The van der Waals surface area contributed by atoms with E-state index in [1.54, 1.807) is 0 Å². The summed E-state index contributed by atoms with van der Waals surface area (Å²) in [4.78, 5) is 31.9. The fraction of sp³-hybridized carbons (Fsp3) is 0.154. The SMILES string of the molecule is Cc1cc(C)cc(NC(=O)Cn2nc3c(Sc4cccc(C)c4)nc4ccccc4n3c2=O)c1. The molecule has 7 nitrogen and oxygen atoms in total. The van der Waals surface area contributed by atoms with Gasteiger partial charge in [-0.2, -0.15) is 0 Å². The molecule has 170 valence electrons. The summed E-state index contributed by atoms with van der Waals surface area (Å²) in [6.07, 6.45) is 0. The van der Waals surface area contributed by atoms with E-state index in [0.717, 1.165) is 21.6 Å². The molecule has 1 N–H and O–H groups in total. The normalized spacial score (nSPS) is 11.3. The number of rotatable bonds is 5. The number of carbonyl (C=O) groups excluding carboxylic acids is 1. The predicted molar refractivity (Wildman–Crippen MR) is 135 cm³/mol. The first-order chi connectivity index (χ1) is 16.4. The maximum atomic E-state index is 13.3. The Bertz CT molecular complexity index is 1600. The fourth-order valence-electron chi connectivity index (χ4n) is 4.02. The maximum Gasteiger partial charge on any atom is 0.351 e. The van der Waals surface area contributed by atoms with E-state index in [0.29, 0.717) is 27.4 Å². The number of nitrogens with zero attached hydrogens (tertiary/aromatic N) is 4. The summed E-state index contributed by atoms with van der Waals surface area (Å²) in [7, 11) is 0. The highest BCUT2D eigenvalue weighted by Crippen LogP contribution is 2.30. The number of fused-ring (bicyclic) bond motifs is 3. The molecule has 5 rings (SSSR count). The van der Waals surface area contributed by atoms with Crippen LogP contribution in [0.3, 0.4) is 0 Å². The minimum Gasteiger partial charge on any atom is -0.324 e. The molecule has 0 atom stereocenters. The Kier molecular flexibility index (Phi) is 5.67. The summed E-state index contributed by atoms with van der Waals surface area (Å²) in [5.74, 6) is -0.319. The lowest BCUT2D eigenvalue weighted by atomic mass is 10.1. The van der Waals surface area contributed by atoms with Gasteiger partial charge in [-0.25, -0.2) is 18.9 Å². The molecule has 2 aromatic heterocycles. The summed E-state index contributed by atoms with van der Waals surface area (Å²) in [5, 5.41) is 8.00. The zero-order chi connectivity index (χ0) is 23.8. The minimum atomic E-state index is -0.379. The molecular formula is C26H23N5O2S. The molecule has 0 aliphatic carbocycles. The molecule has 0 unspecified atom stereocenters. The highest BCUT2D eigenvalue weighted by Gasteiger charge is 2.18. The highest BCUT2D eigenvalue weighted by molar-refractivity contribution is 7.99. The minimum absolute atomic E-state index is 0.198. The van der Waals surface area contributed by atoms with Crippen molar-refractivity contribution in [1.29, 1.82) is 0 Å². The molecule has 1 amide bonds. The van der Waals surface area contributed by atoms with E-state index >= 15 is 0 Å². The van der Waals surface area contributed by atoms with Crippen LogP contribution in [0.25, 0.3) is 16.7 Å². The summed E-state index contributed by atoms with van der Waals surface area (Å²) < 4.78 is 2.73. The predicted octanol–water partition coefficient (Wildman–Crippen LogP) is 4.76. The summed E-state index contributed by atoms with van der Waals surface area (Å²) >= 11 is 1.45. The number of para-hydroxylation sites is 2. The third kappa shape index (κ3) is 4.32. The van der Waals surface area contributed by atoms with Crippen LogP contribution in [0.2, 0.25) is 0 Å². The van der Waals surface area contributed by atoms with E-state index in [2.05, 4.69) is 16.5 Å². The van der Waals surface area contributed by atoms with Gasteiger partial charge in [-0.1, -0.05) is 47.7 Å². The molecular weight excluding hydrogens is 446 g/mol. The van der Waals surface area contributed by atoms with E-state index in [1.165, 1.54) is 20.8 Å². The lowest BCUT2D eigenvalue weighted by Crippen LogP contribution is -2.28. The number of nitrogens with one attached hydrogen (secondary N) is 1. The molecule has 3 aromatic carbocycles. The fourth-order valence-corrected chi connectivity index (χ4v) is 5.00. The van der Waals surface area contributed by atoms with Gasteiger partial charge in [0, 0.05) is 10.6 Å². The summed E-state index contributed by atoms with van der Waals surface area (Å²) in [6.45, 7) is 5.78. The second kappa shape index (κ2) is 8.79. The Labute approximate surface area is 200 Å². The van der Waals surface area contributed by atoms with E-state index in [9.17, 15) is 9.59 Å². The van der Waals surface area contributed by atoms with Crippen molar-refractivity contribution >= 4 is 40.0 Å². The van der Waals surface area contributed by atoms with Crippen LogP contribution in [0.4, 0.5) is 5.69 Å². The Morgan fingerprint density at radius 3 is 2.47 bits per heavy atom. The van der Waals surface area contributed by atoms with E-state index in [-0.39, 0.29) is 18.1 Å². The molecule has 0 radical (unpaired) electrons. The summed E-state index contributed by atoms with van der Waals surface area (Å²) in [5.41, 5.74) is 5.31. The smallest absolute Gasteiger partial charge is 0.324 e. The van der Waals surface area contributed by atoms with Crippen molar-refractivity contribution in [1.82, 2.24) is 19.2 Å². The van der Waals surface area contributed by atoms with Crippen LogP contribution in [0, 0.1) is 20.8 Å². The number of hydrogen-bond donors (Lipinski definition) is 1. The molecule has 0 aliphatic heterocycles. The molecule has 0 fully saturated rings. The Morgan fingerprint density at radius 2 is 1.71 bits per heavy atom. The molecule has 34 heavy (non-hydrogen) atoms. The second-order valence-electron chi connectivity index (χ2n) is 8.35. The molecule has 0 saturated carbocycles. The zero-order valence-electron chi connectivity index (χ0n) is 19.1. The van der Waals surface area contributed by atoms with Crippen LogP contribution in [0.15, 0.2) is 81.4 Å². The van der Waals surface area contributed by atoms with Crippen molar-refractivity contribution < 1.29 is 4.79 Å². The number of hydrogen-bond acceptors (Lipinski definition) is 5. The zero-order valence-corrected chi connectivity index (χ0v) is 19.9. The molecule has 0 saturated heterocycles. The van der Waals surface area contributed by atoms with Crippen LogP contribution in [-0.2, 0) is 11.3 Å². The third-order valence-corrected chi connectivity index (χ3v) is 6.33. The average Bonchev–Trinajstić information content (AvgIpc) is 3.09. The van der Waals surface area contributed by atoms with E-state index in [4.69, 9.17) is 4.98 Å². The molecule has 0 aliphatic rings. The average molecular weight is 470 g/mol. The van der Waals surface area contributed by atoms with Crippen LogP contribution < -0.4 is 11.0 Å². The molecule has 0 spiro atoms. The Balaban J connectivity index is 1.55. The maximum absolute atomic E-state index is 13.3. The number of benzene rings is 3. The van der Waals surface area contributed by atoms with Gasteiger partial charge in [-0.3, -0.25) is 4.79 Å². The van der Waals surface area contributed by atoms with Crippen LogP contribution >= 0.6 is 11.8 Å². The van der Waals surface area contributed by atoms with Crippen molar-refractivity contribution in [2.75, 3.05) is 5.32 Å². The summed E-state index contributed by atoms with van der Waals surface area (Å²) in [6, 6.07) is 21.3. The largest absolute Gasteiger partial charge is 0.351 e. The molecule has 5 aromatic rings. The monoisotopic (exact) mass is 469 g/mol. The van der Waals surface area contributed by atoms with Gasteiger partial charge in [0.2, 0.25) is 5.91 Å². The van der Waals surface area contributed by atoms with Crippen molar-refractivity contribution in [3.05, 3.63) is 93.9 Å². The van der Waals surface area contributed by atoms with Gasteiger partial charge in [0.15, 0.2) is 5.65 Å². The Hall–Kier alpha value is -3.91. The van der Waals surface area contributed by atoms with Gasteiger partial charge in [0.1, 0.15) is 11.6 Å². The van der Waals surface area contributed by atoms with Gasteiger partial charge in [0.25, 0.3) is 0 Å². The van der Waals surface area contributed by atoms with Gasteiger partial charge in [-0.05, 0) is 68.3 Å². The van der Waals surface area contributed by atoms with E-state index < -0.39 is 0 Å². The number of amides is 1. The van der Waals surface area contributed by atoms with Gasteiger partial charge in [-0.15, -0.1) is 5.10 Å². The standard InChI is InChI=1S/C26H23N5O2S/c1-16-7-6-8-20(14-16)34-25-24-29-30(15-23(32)27-19-12-17(2)11-18(3)13-19)26(33)31(24)22-10-5-4-9-21(22)28-25/h4-14H,15H2,1-3H3,(H,27,32). The topological polar surface area (TPSA) is 81.3 Å². The molecule has 2 heterocycles. The van der Waals surface area contributed by atoms with Crippen molar-refractivity contribution in [3.8, 4) is 0 Å². The third-order valence-electron chi connectivity index (χ3n) is 5.38. The van der Waals surface area contributed by atoms with Crippen LogP contribution in [0.1, 0.15) is 16.7 Å². The molecule has 0 bridgehead atoms. The van der Waals surface area contributed by atoms with Gasteiger partial charge < -0.3 is 5.32 Å². The first kappa shape index (κ1) is 21.9. The van der Waals surface area contributed by atoms with Crippen molar-refractivity contribution in [2.24, 2.45) is 0 Å². The first-order valence-corrected chi connectivity index (χ1v) is 11.7. The molecule has 8 heteroatoms. The van der Waals surface area contributed by atoms with Gasteiger partial charge in [0.05, 0.1) is 11.0 Å². The Morgan fingerprint density at radius 1 is 0.941 bits per heavy atom. The van der Waals surface area contributed by atoms with Crippen LogP contribution in [0.5, 0.6) is 0 Å². The highest BCUT2D eigenvalue weighted by atomic mass is 32.2. The van der Waals surface area contributed by atoms with E-state index in [1.807, 2.05) is 81.4 Å². The number of aromatic nitrogens is 4. The lowest BCUT2D eigenvalue weighted by Gasteiger charge is -2.07. The van der Waals surface area contributed by atoms with Crippen LogP contribution in [-0.4, -0.2) is 25.1 Å². The number of anilines is 1. The number of aryl methyl sites for hydroxylation is 3. The van der Waals surface area contributed by atoms with Crippen molar-refractivity contribution in [2.45, 2.75) is 37.2 Å². The lowest BCUT2D eigenvalue weighted by molar-refractivity contribution is -0.117.